The average molecular weight is 252 g/mol. The minimum atomic E-state index is -0.00887. The highest BCUT2D eigenvalue weighted by molar-refractivity contribution is 5.77. The number of methoxy groups -OCH3 is 1. The van der Waals surface area contributed by atoms with Gasteiger partial charge in [-0.15, -0.1) is 0 Å². The zero-order chi connectivity index (χ0) is 13.2. The van der Waals surface area contributed by atoms with Crippen molar-refractivity contribution >= 4 is 5.91 Å². The maximum Gasteiger partial charge on any atom is 0.248 e. The van der Waals surface area contributed by atoms with Crippen LogP contribution in [0.4, 0.5) is 0 Å². The van der Waals surface area contributed by atoms with E-state index >= 15 is 0 Å². The van der Waals surface area contributed by atoms with Crippen LogP contribution >= 0.6 is 0 Å². The molecule has 0 unspecified atom stereocenters. The molecule has 0 aliphatic rings. The van der Waals surface area contributed by atoms with E-state index in [-0.39, 0.29) is 12.5 Å². The van der Waals surface area contributed by atoms with Crippen molar-refractivity contribution in [3.8, 4) is 0 Å². The highest BCUT2D eigenvalue weighted by Crippen LogP contribution is 2.03. The van der Waals surface area contributed by atoms with E-state index in [0.29, 0.717) is 26.3 Å². The molecule has 0 saturated carbocycles. The first-order valence-electron chi connectivity index (χ1n) is 6.01. The number of hydrogen-bond donors (Lipinski definition) is 0. The maximum absolute atomic E-state index is 11.9. The summed E-state index contributed by atoms with van der Waals surface area (Å²) in [6.45, 7) is 4.25. The molecule has 0 aromatic carbocycles. The molecule has 5 nitrogen and oxygen atoms in total. The quantitative estimate of drug-likeness (QED) is 0.650. The van der Waals surface area contributed by atoms with Crippen molar-refractivity contribution in [3.05, 3.63) is 30.1 Å². The van der Waals surface area contributed by atoms with Crippen LogP contribution in [0.25, 0.3) is 0 Å². The van der Waals surface area contributed by atoms with Crippen LogP contribution < -0.4 is 0 Å². The van der Waals surface area contributed by atoms with Crippen molar-refractivity contribution in [2.24, 2.45) is 0 Å². The minimum absolute atomic E-state index is 0.00887. The standard InChI is InChI=1S/C13H20N2O3/c1-3-15(10-12-4-6-14-7-5-12)13(16)11-18-9-8-17-2/h4-7H,3,8-11H2,1-2H3. The van der Waals surface area contributed by atoms with Crippen LogP contribution in [-0.4, -0.2) is 49.3 Å². The van der Waals surface area contributed by atoms with Crippen molar-refractivity contribution in [2.75, 3.05) is 33.5 Å². The molecular weight excluding hydrogens is 232 g/mol. The van der Waals surface area contributed by atoms with Gasteiger partial charge in [0, 0.05) is 32.6 Å². The van der Waals surface area contributed by atoms with Crippen molar-refractivity contribution in [1.29, 1.82) is 0 Å². The van der Waals surface area contributed by atoms with E-state index in [4.69, 9.17) is 9.47 Å². The summed E-state index contributed by atoms with van der Waals surface area (Å²) < 4.78 is 10.1. The summed E-state index contributed by atoms with van der Waals surface area (Å²) in [6.07, 6.45) is 3.45. The molecule has 0 radical (unpaired) electrons. The van der Waals surface area contributed by atoms with E-state index in [9.17, 15) is 4.79 Å². The second-order valence-electron chi connectivity index (χ2n) is 3.81. The molecule has 0 N–H and O–H groups in total. The molecule has 0 fully saturated rings. The summed E-state index contributed by atoms with van der Waals surface area (Å²) in [6, 6.07) is 3.81. The van der Waals surface area contributed by atoms with Crippen molar-refractivity contribution < 1.29 is 14.3 Å². The van der Waals surface area contributed by atoms with E-state index in [1.807, 2.05) is 19.1 Å². The van der Waals surface area contributed by atoms with Gasteiger partial charge in [0.25, 0.3) is 0 Å². The summed E-state index contributed by atoms with van der Waals surface area (Å²) in [5.74, 6) is -0.00887. The largest absolute Gasteiger partial charge is 0.382 e. The van der Waals surface area contributed by atoms with Gasteiger partial charge >= 0.3 is 0 Å². The number of nitrogens with zero attached hydrogens (tertiary/aromatic N) is 2. The number of pyridine rings is 1. The number of carbonyl (C=O) groups excluding carboxylic acids is 1. The lowest BCUT2D eigenvalue weighted by molar-refractivity contribution is -0.137. The lowest BCUT2D eigenvalue weighted by atomic mass is 10.2. The second-order valence-corrected chi connectivity index (χ2v) is 3.81. The Morgan fingerprint density at radius 1 is 1.33 bits per heavy atom. The fourth-order valence-corrected chi connectivity index (χ4v) is 1.48. The first-order chi connectivity index (χ1) is 8.77. The van der Waals surface area contributed by atoms with Gasteiger partial charge in [-0.1, -0.05) is 0 Å². The number of amides is 1. The highest BCUT2D eigenvalue weighted by atomic mass is 16.5. The Labute approximate surface area is 108 Å². The summed E-state index contributed by atoms with van der Waals surface area (Å²) in [5, 5.41) is 0. The smallest absolute Gasteiger partial charge is 0.248 e. The molecule has 5 heteroatoms. The van der Waals surface area contributed by atoms with Gasteiger partial charge in [0.15, 0.2) is 0 Å². The highest BCUT2D eigenvalue weighted by Gasteiger charge is 2.11. The van der Waals surface area contributed by atoms with Gasteiger partial charge in [-0.2, -0.15) is 0 Å². The minimum Gasteiger partial charge on any atom is -0.382 e. The molecule has 0 bridgehead atoms. The summed E-state index contributed by atoms with van der Waals surface area (Å²) >= 11 is 0. The predicted octanol–water partition coefficient (Wildman–Crippen LogP) is 1.09. The average Bonchev–Trinajstić information content (AvgIpc) is 2.42. The van der Waals surface area contributed by atoms with Crippen LogP contribution in [0, 0.1) is 0 Å². The van der Waals surface area contributed by atoms with Crippen LogP contribution in [0.5, 0.6) is 0 Å². The Hall–Kier alpha value is -1.46. The molecule has 0 spiro atoms. The van der Waals surface area contributed by atoms with Crippen LogP contribution in [0.15, 0.2) is 24.5 Å². The first kappa shape index (κ1) is 14.6. The number of hydrogen-bond acceptors (Lipinski definition) is 4. The molecule has 1 aromatic rings. The van der Waals surface area contributed by atoms with E-state index < -0.39 is 0 Å². The van der Waals surface area contributed by atoms with Gasteiger partial charge in [-0.25, -0.2) is 0 Å². The van der Waals surface area contributed by atoms with Gasteiger partial charge in [-0.05, 0) is 24.6 Å². The second kappa shape index (κ2) is 8.60. The third-order valence-electron chi connectivity index (χ3n) is 2.51. The zero-order valence-electron chi connectivity index (χ0n) is 11.0. The Morgan fingerprint density at radius 3 is 2.67 bits per heavy atom. The molecule has 1 heterocycles. The Morgan fingerprint density at radius 2 is 2.06 bits per heavy atom. The van der Waals surface area contributed by atoms with Crippen LogP contribution in [0.1, 0.15) is 12.5 Å². The third-order valence-corrected chi connectivity index (χ3v) is 2.51. The monoisotopic (exact) mass is 252 g/mol. The van der Waals surface area contributed by atoms with E-state index in [1.165, 1.54) is 0 Å². The molecular formula is C13H20N2O3. The van der Waals surface area contributed by atoms with Gasteiger partial charge < -0.3 is 14.4 Å². The zero-order valence-corrected chi connectivity index (χ0v) is 11.0. The van der Waals surface area contributed by atoms with Gasteiger partial charge in [-0.3, -0.25) is 9.78 Å². The molecule has 0 aliphatic carbocycles. The summed E-state index contributed by atoms with van der Waals surface area (Å²) in [4.78, 5) is 17.6. The van der Waals surface area contributed by atoms with Crippen molar-refractivity contribution in [3.63, 3.8) is 0 Å². The fraction of sp³-hybridized carbons (Fsp3) is 0.538. The Bertz CT molecular complexity index is 343. The number of carbonyl (C=O) groups is 1. The molecule has 18 heavy (non-hydrogen) atoms. The third kappa shape index (κ3) is 5.25. The molecule has 1 aromatic heterocycles. The first-order valence-corrected chi connectivity index (χ1v) is 6.01. The molecule has 0 atom stereocenters. The van der Waals surface area contributed by atoms with E-state index in [1.54, 1.807) is 24.4 Å². The Balaban J connectivity index is 2.38. The topological polar surface area (TPSA) is 51.7 Å². The molecule has 0 aliphatic heterocycles. The lowest BCUT2D eigenvalue weighted by Crippen LogP contribution is -2.33. The molecule has 0 saturated heterocycles. The number of ether oxygens (including phenoxy) is 2. The summed E-state index contributed by atoms with van der Waals surface area (Å²) in [7, 11) is 1.60. The van der Waals surface area contributed by atoms with E-state index in [2.05, 4.69) is 4.98 Å². The summed E-state index contributed by atoms with van der Waals surface area (Å²) in [5.41, 5.74) is 1.07. The molecule has 1 amide bonds. The van der Waals surface area contributed by atoms with Crippen molar-refractivity contribution in [1.82, 2.24) is 9.88 Å². The molecule has 1 rings (SSSR count). The SMILES string of the molecule is CCN(Cc1ccncc1)C(=O)COCCOC. The fourth-order valence-electron chi connectivity index (χ4n) is 1.48. The maximum atomic E-state index is 11.9. The lowest BCUT2D eigenvalue weighted by Gasteiger charge is -2.20. The van der Waals surface area contributed by atoms with Gasteiger partial charge in [0.1, 0.15) is 6.61 Å². The van der Waals surface area contributed by atoms with Gasteiger partial charge in [0.05, 0.1) is 13.2 Å². The predicted molar refractivity (Wildman–Crippen MR) is 68.0 cm³/mol. The number of likely N-dealkylation sites (N-methyl/N-ethyl adjacent to an activating group) is 1. The Kier molecular flexibility index (Phi) is 6.98. The van der Waals surface area contributed by atoms with Crippen molar-refractivity contribution in [2.45, 2.75) is 13.5 Å². The van der Waals surface area contributed by atoms with Crippen LogP contribution in [-0.2, 0) is 20.8 Å². The normalized spacial score (nSPS) is 10.3. The van der Waals surface area contributed by atoms with Crippen LogP contribution in [0.3, 0.4) is 0 Å². The van der Waals surface area contributed by atoms with E-state index in [0.717, 1.165) is 5.56 Å². The molecule has 100 valence electrons. The number of rotatable bonds is 8. The number of aromatic nitrogens is 1. The van der Waals surface area contributed by atoms with Crippen LogP contribution in [0.2, 0.25) is 0 Å². The van der Waals surface area contributed by atoms with Gasteiger partial charge in [0.2, 0.25) is 5.91 Å².